The molecule has 106 valence electrons. The van der Waals surface area contributed by atoms with E-state index in [9.17, 15) is 9.90 Å². The molecule has 2 rings (SSSR count). The van der Waals surface area contributed by atoms with E-state index in [0.29, 0.717) is 12.1 Å². The SMILES string of the molecule is CN(Cc1ccn[nH]1)[C@@H](C(=O)O)c1ccc(CO)cc1. The number of nitrogens with one attached hydrogen (secondary N) is 1. The van der Waals surface area contributed by atoms with Gasteiger partial charge in [0.2, 0.25) is 0 Å². The Labute approximate surface area is 116 Å². The third kappa shape index (κ3) is 3.23. The first-order chi connectivity index (χ1) is 9.61. The molecule has 0 bridgehead atoms. The van der Waals surface area contributed by atoms with Crippen LogP contribution in [0.15, 0.2) is 36.5 Å². The van der Waals surface area contributed by atoms with Crippen molar-refractivity contribution in [3.05, 3.63) is 53.3 Å². The van der Waals surface area contributed by atoms with E-state index in [0.717, 1.165) is 11.3 Å². The van der Waals surface area contributed by atoms with E-state index in [4.69, 9.17) is 5.11 Å². The minimum Gasteiger partial charge on any atom is -0.480 e. The summed E-state index contributed by atoms with van der Waals surface area (Å²) in [6.45, 7) is 0.403. The molecular weight excluding hydrogens is 258 g/mol. The third-order valence-electron chi connectivity index (χ3n) is 3.13. The van der Waals surface area contributed by atoms with Crippen molar-refractivity contribution in [3.8, 4) is 0 Å². The summed E-state index contributed by atoms with van der Waals surface area (Å²) in [5.41, 5.74) is 2.29. The number of aromatic nitrogens is 2. The topological polar surface area (TPSA) is 89.5 Å². The Hall–Kier alpha value is -2.18. The Morgan fingerprint density at radius 1 is 1.35 bits per heavy atom. The zero-order valence-electron chi connectivity index (χ0n) is 11.2. The van der Waals surface area contributed by atoms with Crippen molar-refractivity contribution >= 4 is 5.97 Å². The molecule has 20 heavy (non-hydrogen) atoms. The number of H-pyrrole nitrogens is 1. The Morgan fingerprint density at radius 2 is 2.05 bits per heavy atom. The van der Waals surface area contributed by atoms with Crippen LogP contribution in [-0.2, 0) is 17.9 Å². The van der Waals surface area contributed by atoms with Crippen molar-refractivity contribution in [2.24, 2.45) is 0 Å². The number of aliphatic hydroxyl groups is 1. The molecule has 0 amide bonds. The molecule has 1 aromatic heterocycles. The van der Waals surface area contributed by atoms with Crippen LogP contribution >= 0.6 is 0 Å². The molecule has 0 saturated heterocycles. The number of likely N-dealkylation sites (N-methyl/N-ethyl adjacent to an activating group) is 1. The molecule has 1 heterocycles. The van der Waals surface area contributed by atoms with Crippen LogP contribution in [0.4, 0.5) is 0 Å². The van der Waals surface area contributed by atoms with Crippen LogP contribution in [0.2, 0.25) is 0 Å². The molecule has 6 heteroatoms. The van der Waals surface area contributed by atoms with Gasteiger partial charge in [-0.1, -0.05) is 24.3 Å². The number of hydrogen-bond donors (Lipinski definition) is 3. The van der Waals surface area contributed by atoms with E-state index in [1.54, 1.807) is 42.4 Å². The van der Waals surface area contributed by atoms with E-state index in [2.05, 4.69) is 10.2 Å². The maximum Gasteiger partial charge on any atom is 0.325 e. The van der Waals surface area contributed by atoms with Gasteiger partial charge in [0, 0.05) is 18.4 Å². The van der Waals surface area contributed by atoms with Gasteiger partial charge in [0.1, 0.15) is 6.04 Å². The minimum atomic E-state index is -0.913. The summed E-state index contributed by atoms with van der Waals surface area (Å²) in [4.78, 5) is 13.2. The number of aliphatic hydroxyl groups excluding tert-OH is 1. The zero-order valence-corrected chi connectivity index (χ0v) is 11.2. The van der Waals surface area contributed by atoms with Gasteiger partial charge in [-0.2, -0.15) is 5.10 Å². The normalized spacial score (nSPS) is 12.6. The Bertz CT molecular complexity index is 552. The fourth-order valence-electron chi connectivity index (χ4n) is 2.12. The number of aromatic amines is 1. The average molecular weight is 275 g/mol. The van der Waals surface area contributed by atoms with Gasteiger partial charge in [-0.3, -0.25) is 14.8 Å². The summed E-state index contributed by atoms with van der Waals surface area (Å²) >= 11 is 0. The summed E-state index contributed by atoms with van der Waals surface area (Å²) in [6.07, 6.45) is 1.63. The number of nitrogens with zero attached hydrogens (tertiary/aromatic N) is 2. The highest BCUT2D eigenvalue weighted by Crippen LogP contribution is 2.21. The average Bonchev–Trinajstić information content (AvgIpc) is 2.92. The van der Waals surface area contributed by atoms with Crippen molar-refractivity contribution in [2.75, 3.05) is 7.05 Å². The lowest BCUT2D eigenvalue weighted by molar-refractivity contribution is -0.143. The number of benzene rings is 1. The van der Waals surface area contributed by atoms with E-state index in [-0.39, 0.29) is 6.61 Å². The van der Waals surface area contributed by atoms with E-state index in [1.165, 1.54) is 0 Å². The molecule has 0 spiro atoms. The fourth-order valence-corrected chi connectivity index (χ4v) is 2.12. The highest BCUT2D eigenvalue weighted by molar-refractivity contribution is 5.75. The standard InChI is InChI=1S/C14H17N3O3/c1-17(8-12-6-7-15-16-12)13(14(19)20)11-4-2-10(9-18)3-5-11/h2-7,13,18H,8-9H2,1H3,(H,15,16)(H,19,20)/t13-/m1/s1. The van der Waals surface area contributed by atoms with Gasteiger partial charge in [-0.25, -0.2) is 0 Å². The quantitative estimate of drug-likeness (QED) is 0.736. The van der Waals surface area contributed by atoms with Gasteiger partial charge in [-0.15, -0.1) is 0 Å². The highest BCUT2D eigenvalue weighted by Gasteiger charge is 2.24. The molecule has 0 radical (unpaired) electrons. The first-order valence-corrected chi connectivity index (χ1v) is 6.23. The summed E-state index contributed by atoms with van der Waals surface area (Å²) in [6, 6.07) is 7.99. The molecule has 6 nitrogen and oxygen atoms in total. The van der Waals surface area contributed by atoms with Gasteiger partial charge < -0.3 is 10.2 Å². The Morgan fingerprint density at radius 3 is 2.55 bits per heavy atom. The van der Waals surface area contributed by atoms with E-state index < -0.39 is 12.0 Å². The summed E-state index contributed by atoms with van der Waals surface area (Å²) in [5, 5.41) is 25.1. The van der Waals surface area contributed by atoms with E-state index >= 15 is 0 Å². The highest BCUT2D eigenvalue weighted by atomic mass is 16.4. The largest absolute Gasteiger partial charge is 0.480 e. The molecule has 1 atom stereocenters. The fraction of sp³-hybridized carbons (Fsp3) is 0.286. The molecule has 3 N–H and O–H groups in total. The van der Waals surface area contributed by atoms with Crippen LogP contribution in [0.1, 0.15) is 22.9 Å². The van der Waals surface area contributed by atoms with Gasteiger partial charge >= 0.3 is 5.97 Å². The second-order valence-electron chi connectivity index (χ2n) is 4.64. The lowest BCUT2D eigenvalue weighted by Gasteiger charge is -2.24. The molecule has 1 aromatic carbocycles. The van der Waals surface area contributed by atoms with Gasteiger partial charge in [0.05, 0.1) is 6.61 Å². The maximum absolute atomic E-state index is 11.5. The number of aliphatic carboxylic acids is 1. The van der Waals surface area contributed by atoms with Crippen molar-refractivity contribution in [1.29, 1.82) is 0 Å². The zero-order chi connectivity index (χ0) is 14.5. The summed E-state index contributed by atoms with van der Waals surface area (Å²) in [7, 11) is 1.75. The van der Waals surface area contributed by atoms with Crippen LogP contribution in [0.3, 0.4) is 0 Å². The molecule has 0 aliphatic rings. The van der Waals surface area contributed by atoms with Crippen molar-refractivity contribution < 1.29 is 15.0 Å². The number of carbonyl (C=O) groups is 1. The van der Waals surface area contributed by atoms with Gasteiger partial charge in [0.25, 0.3) is 0 Å². The maximum atomic E-state index is 11.5. The molecule has 0 aliphatic carbocycles. The Kier molecular flexibility index (Phi) is 4.49. The van der Waals surface area contributed by atoms with Crippen molar-refractivity contribution in [3.63, 3.8) is 0 Å². The van der Waals surface area contributed by atoms with Gasteiger partial charge in [0.15, 0.2) is 0 Å². The van der Waals surface area contributed by atoms with E-state index in [1.807, 2.05) is 6.07 Å². The molecule has 0 fully saturated rings. The van der Waals surface area contributed by atoms with Crippen LogP contribution in [-0.4, -0.2) is 38.3 Å². The Balaban J connectivity index is 2.19. The van der Waals surface area contributed by atoms with Crippen LogP contribution < -0.4 is 0 Å². The first kappa shape index (κ1) is 14.2. The number of hydrogen-bond acceptors (Lipinski definition) is 4. The lowest BCUT2D eigenvalue weighted by Crippen LogP contribution is -2.30. The molecule has 0 saturated carbocycles. The number of carboxylic acids is 1. The monoisotopic (exact) mass is 275 g/mol. The number of rotatable bonds is 6. The van der Waals surface area contributed by atoms with Gasteiger partial charge in [-0.05, 0) is 24.2 Å². The molecule has 0 unspecified atom stereocenters. The van der Waals surface area contributed by atoms with Crippen LogP contribution in [0, 0.1) is 0 Å². The van der Waals surface area contributed by atoms with Crippen molar-refractivity contribution in [2.45, 2.75) is 19.2 Å². The second-order valence-corrected chi connectivity index (χ2v) is 4.64. The van der Waals surface area contributed by atoms with Crippen LogP contribution in [0.25, 0.3) is 0 Å². The van der Waals surface area contributed by atoms with Crippen LogP contribution in [0.5, 0.6) is 0 Å². The summed E-state index contributed by atoms with van der Waals surface area (Å²) < 4.78 is 0. The molecular formula is C14H17N3O3. The predicted molar refractivity (Wildman–Crippen MR) is 72.8 cm³/mol. The van der Waals surface area contributed by atoms with Crippen molar-refractivity contribution in [1.82, 2.24) is 15.1 Å². The molecule has 2 aromatic rings. The predicted octanol–water partition coefficient (Wildman–Crippen LogP) is 1.16. The lowest BCUT2D eigenvalue weighted by atomic mass is 10.0. The number of carboxylic acid groups (broad SMARTS) is 1. The summed E-state index contributed by atoms with van der Waals surface area (Å²) in [5.74, 6) is -0.913. The third-order valence-corrected chi connectivity index (χ3v) is 3.13. The second kappa shape index (κ2) is 6.31. The minimum absolute atomic E-state index is 0.0536. The first-order valence-electron chi connectivity index (χ1n) is 6.23. The smallest absolute Gasteiger partial charge is 0.325 e. The molecule has 0 aliphatic heterocycles.